The molecular weight excluding hydrogens is 352 g/mol. The van der Waals surface area contributed by atoms with E-state index >= 15 is 0 Å². The van der Waals surface area contributed by atoms with Crippen LogP contribution >= 0.6 is 22.7 Å². The summed E-state index contributed by atoms with van der Waals surface area (Å²) in [5.74, 6) is 0.555. The minimum absolute atomic E-state index is 0.00593. The molecule has 1 N–H and O–H groups in total. The highest BCUT2D eigenvalue weighted by Crippen LogP contribution is 2.27. The average Bonchev–Trinajstić information content (AvgIpc) is 3.32. The third-order valence-corrected chi connectivity index (χ3v) is 6.51. The maximum absolute atomic E-state index is 12.7. The molecule has 0 unspecified atom stereocenters. The molecule has 6 heteroatoms. The van der Waals surface area contributed by atoms with Crippen LogP contribution in [0.5, 0.6) is 0 Å². The Bertz CT molecular complexity index is 687. The van der Waals surface area contributed by atoms with Crippen molar-refractivity contribution in [2.75, 3.05) is 13.1 Å². The normalized spacial score (nSPS) is 16.8. The van der Waals surface area contributed by atoms with Crippen LogP contribution in [0.15, 0.2) is 35.0 Å². The molecule has 2 aromatic heterocycles. The van der Waals surface area contributed by atoms with Crippen LogP contribution in [0.3, 0.4) is 0 Å². The fourth-order valence-electron chi connectivity index (χ4n) is 3.21. The molecule has 25 heavy (non-hydrogen) atoms. The number of likely N-dealkylation sites (tertiary alicyclic amines) is 1. The van der Waals surface area contributed by atoms with E-state index in [1.165, 1.54) is 16.2 Å². The number of nitrogens with one attached hydrogen (secondary N) is 1. The smallest absolute Gasteiger partial charge is 0.263 e. The van der Waals surface area contributed by atoms with Gasteiger partial charge in [0.05, 0.1) is 10.9 Å². The van der Waals surface area contributed by atoms with E-state index in [9.17, 15) is 9.59 Å². The summed E-state index contributed by atoms with van der Waals surface area (Å²) in [6, 6.07) is 7.93. The Morgan fingerprint density at radius 2 is 1.80 bits per heavy atom. The lowest BCUT2D eigenvalue weighted by Gasteiger charge is -2.32. The van der Waals surface area contributed by atoms with E-state index in [1.807, 2.05) is 33.9 Å². The number of carbonyl (C=O) groups is 2. The number of thiophene rings is 2. The number of hydrogen-bond donors (Lipinski definition) is 1. The molecule has 0 aliphatic carbocycles. The van der Waals surface area contributed by atoms with Gasteiger partial charge in [-0.3, -0.25) is 9.59 Å². The monoisotopic (exact) mass is 376 g/mol. The number of carbonyl (C=O) groups excluding carboxylic acids is 2. The zero-order chi connectivity index (χ0) is 17.8. The molecule has 2 aromatic rings. The maximum atomic E-state index is 12.7. The van der Waals surface area contributed by atoms with Gasteiger partial charge in [0.2, 0.25) is 5.91 Å². The summed E-state index contributed by atoms with van der Waals surface area (Å²) in [6.45, 7) is 5.57. The second-order valence-electron chi connectivity index (χ2n) is 6.79. The molecule has 1 aliphatic heterocycles. The van der Waals surface area contributed by atoms with Crippen LogP contribution in [0.2, 0.25) is 0 Å². The van der Waals surface area contributed by atoms with Crippen LogP contribution in [0.25, 0.3) is 0 Å². The van der Waals surface area contributed by atoms with E-state index in [4.69, 9.17) is 0 Å². The van der Waals surface area contributed by atoms with Crippen molar-refractivity contribution in [3.63, 3.8) is 0 Å². The lowest BCUT2D eigenvalue weighted by molar-refractivity contribution is -0.127. The van der Waals surface area contributed by atoms with Gasteiger partial charge in [0.1, 0.15) is 0 Å². The molecule has 0 radical (unpaired) electrons. The number of nitrogens with zero attached hydrogens (tertiary/aromatic N) is 1. The molecule has 1 aliphatic rings. The minimum Gasteiger partial charge on any atom is -0.348 e. The Balaban J connectivity index is 1.55. The third-order valence-electron chi connectivity index (χ3n) is 4.70. The first-order valence-electron chi connectivity index (χ1n) is 8.73. The van der Waals surface area contributed by atoms with Gasteiger partial charge in [0, 0.05) is 23.9 Å². The predicted octanol–water partition coefficient (Wildman–Crippen LogP) is 4.18. The Hall–Kier alpha value is -1.66. The molecule has 1 saturated heterocycles. The lowest BCUT2D eigenvalue weighted by atomic mass is 9.94. The second-order valence-corrected chi connectivity index (χ2v) is 8.72. The fourth-order valence-corrected chi connectivity index (χ4v) is 4.85. The molecule has 0 aromatic carbocycles. The molecule has 134 valence electrons. The van der Waals surface area contributed by atoms with Crippen LogP contribution in [0.4, 0.5) is 0 Å². The zero-order valence-corrected chi connectivity index (χ0v) is 16.2. The largest absolute Gasteiger partial charge is 0.348 e. The van der Waals surface area contributed by atoms with Gasteiger partial charge >= 0.3 is 0 Å². The van der Waals surface area contributed by atoms with Crippen molar-refractivity contribution in [3.8, 4) is 0 Å². The zero-order valence-electron chi connectivity index (χ0n) is 14.6. The first-order valence-corrected chi connectivity index (χ1v) is 10.5. The van der Waals surface area contributed by atoms with Gasteiger partial charge in [-0.2, -0.15) is 0 Å². The van der Waals surface area contributed by atoms with Crippen molar-refractivity contribution in [2.45, 2.75) is 32.7 Å². The van der Waals surface area contributed by atoms with Gasteiger partial charge in [-0.05, 0) is 41.7 Å². The molecule has 1 fully saturated rings. The third kappa shape index (κ3) is 4.30. The van der Waals surface area contributed by atoms with E-state index < -0.39 is 0 Å². The van der Waals surface area contributed by atoms with Crippen molar-refractivity contribution in [2.24, 2.45) is 11.8 Å². The van der Waals surface area contributed by atoms with Crippen molar-refractivity contribution in [3.05, 3.63) is 44.8 Å². The van der Waals surface area contributed by atoms with E-state index in [2.05, 4.69) is 25.2 Å². The molecule has 0 bridgehead atoms. The molecule has 3 rings (SSSR count). The molecule has 0 saturated carbocycles. The van der Waals surface area contributed by atoms with Crippen LogP contribution < -0.4 is 5.32 Å². The second kappa shape index (κ2) is 8.15. The average molecular weight is 377 g/mol. The van der Waals surface area contributed by atoms with E-state index in [0.717, 1.165) is 17.7 Å². The first kappa shape index (κ1) is 18.1. The summed E-state index contributed by atoms with van der Waals surface area (Å²) in [5.41, 5.74) is 0. The van der Waals surface area contributed by atoms with Crippen LogP contribution in [-0.2, 0) is 4.79 Å². The Kier molecular flexibility index (Phi) is 5.91. The molecular formula is C19H24N2O2S2. The molecule has 0 spiro atoms. The Labute approximate surface area is 156 Å². The van der Waals surface area contributed by atoms with E-state index in [0.29, 0.717) is 19.0 Å². The number of piperidine rings is 1. The Morgan fingerprint density at radius 1 is 1.12 bits per heavy atom. The number of rotatable bonds is 5. The first-order chi connectivity index (χ1) is 12.1. The van der Waals surface area contributed by atoms with Crippen molar-refractivity contribution in [1.29, 1.82) is 0 Å². The Morgan fingerprint density at radius 3 is 2.36 bits per heavy atom. The highest BCUT2D eigenvalue weighted by molar-refractivity contribution is 7.12. The number of hydrogen-bond acceptors (Lipinski definition) is 4. The van der Waals surface area contributed by atoms with Gasteiger partial charge in [0.15, 0.2) is 0 Å². The fraction of sp³-hybridized carbons (Fsp3) is 0.474. The quantitative estimate of drug-likeness (QED) is 0.851. The topological polar surface area (TPSA) is 49.4 Å². The summed E-state index contributed by atoms with van der Waals surface area (Å²) in [6.07, 6.45) is 1.47. The lowest BCUT2D eigenvalue weighted by Crippen LogP contribution is -2.44. The summed E-state index contributed by atoms with van der Waals surface area (Å²) < 4.78 is 0. The molecule has 3 heterocycles. The molecule has 1 atom stereocenters. The number of amides is 2. The van der Waals surface area contributed by atoms with Crippen LogP contribution in [0, 0.1) is 11.8 Å². The maximum Gasteiger partial charge on any atom is 0.263 e. The van der Waals surface area contributed by atoms with Crippen molar-refractivity contribution in [1.82, 2.24) is 10.2 Å². The summed E-state index contributed by atoms with van der Waals surface area (Å²) in [5, 5.41) is 7.20. The highest BCUT2D eigenvalue weighted by Gasteiger charge is 2.30. The summed E-state index contributed by atoms with van der Waals surface area (Å²) >= 11 is 3.16. The van der Waals surface area contributed by atoms with E-state index in [1.54, 1.807) is 11.3 Å². The van der Waals surface area contributed by atoms with Gasteiger partial charge < -0.3 is 10.2 Å². The van der Waals surface area contributed by atoms with Gasteiger partial charge in [0.25, 0.3) is 5.91 Å². The highest BCUT2D eigenvalue weighted by atomic mass is 32.1. The molecule has 2 amide bonds. The van der Waals surface area contributed by atoms with Crippen molar-refractivity contribution >= 4 is 34.5 Å². The van der Waals surface area contributed by atoms with Crippen molar-refractivity contribution < 1.29 is 9.59 Å². The minimum atomic E-state index is -0.00593. The summed E-state index contributed by atoms with van der Waals surface area (Å²) in [7, 11) is 0. The predicted molar refractivity (Wildman–Crippen MR) is 103 cm³/mol. The molecule has 4 nitrogen and oxygen atoms in total. The van der Waals surface area contributed by atoms with Gasteiger partial charge in [-0.25, -0.2) is 0 Å². The van der Waals surface area contributed by atoms with Gasteiger partial charge in [-0.15, -0.1) is 22.7 Å². The summed E-state index contributed by atoms with van der Waals surface area (Å²) in [4.78, 5) is 29.0. The van der Waals surface area contributed by atoms with Crippen LogP contribution in [-0.4, -0.2) is 29.8 Å². The van der Waals surface area contributed by atoms with Crippen LogP contribution in [0.1, 0.15) is 47.3 Å². The van der Waals surface area contributed by atoms with E-state index in [-0.39, 0.29) is 23.8 Å². The standard InChI is InChI=1S/C19H24N2O2S2/c1-13(2)17(15-5-3-11-24-15)20-18(22)14-7-9-21(10-8-14)19(23)16-6-4-12-25-16/h3-6,11-14,17H,7-10H2,1-2H3,(H,20,22)/t17-/m1/s1. The SMILES string of the molecule is CC(C)[C@@H](NC(=O)C1CCN(C(=O)c2cccs2)CC1)c1cccs1. The van der Waals surface area contributed by atoms with Gasteiger partial charge in [-0.1, -0.05) is 26.0 Å².